The van der Waals surface area contributed by atoms with Gasteiger partial charge in [-0.25, -0.2) is 0 Å². The summed E-state index contributed by atoms with van der Waals surface area (Å²) < 4.78 is 27.2. The number of hydrogen-bond acceptors (Lipinski definition) is 4. The van der Waals surface area contributed by atoms with Crippen molar-refractivity contribution in [2.24, 2.45) is 0 Å². The molecular formula is C18H28N4O3S. The SMILES string of the molecule is CN(C)S(=O)(=O)N1CCN(C2CCCN(Cc3ccccc3)C2=O)CC1. The Balaban J connectivity index is 1.60. The zero-order valence-electron chi connectivity index (χ0n) is 15.5. The van der Waals surface area contributed by atoms with Crippen LogP contribution in [0.2, 0.25) is 0 Å². The lowest BCUT2D eigenvalue weighted by molar-refractivity contribution is -0.141. The number of carbonyl (C=O) groups is 1. The van der Waals surface area contributed by atoms with Crippen molar-refractivity contribution in [1.29, 1.82) is 0 Å². The summed E-state index contributed by atoms with van der Waals surface area (Å²) in [6.07, 6.45) is 1.84. The molecule has 0 radical (unpaired) electrons. The summed E-state index contributed by atoms with van der Waals surface area (Å²) in [4.78, 5) is 17.1. The Bertz CT molecular complexity index is 715. The monoisotopic (exact) mass is 380 g/mol. The second-order valence-corrected chi connectivity index (χ2v) is 9.27. The van der Waals surface area contributed by atoms with Gasteiger partial charge in [0.25, 0.3) is 10.2 Å². The molecule has 7 nitrogen and oxygen atoms in total. The van der Waals surface area contributed by atoms with E-state index >= 15 is 0 Å². The molecule has 2 aliphatic heterocycles. The van der Waals surface area contributed by atoms with E-state index in [9.17, 15) is 13.2 Å². The van der Waals surface area contributed by atoms with Crippen molar-refractivity contribution in [1.82, 2.24) is 18.4 Å². The van der Waals surface area contributed by atoms with Gasteiger partial charge in [0.1, 0.15) is 0 Å². The highest BCUT2D eigenvalue weighted by atomic mass is 32.2. The quantitative estimate of drug-likeness (QED) is 0.751. The van der Waals surface area contributed by atoms with Gasteiger partial charge >= 0.3 is 0 Å². The molecule has 1 atom stereocenters. The third kappa shape index (κ3) is 4.09. The van der Waals surface area contributed by atoms with Crippen LogP contribution in [-0.2, 0) is 21.5 Å². The molecule has 1 aromatic rings. The fourth-order valence-electron chi connectivity index (χ4n) is 3.70. The largest absolute Gasteiger partial charge is 0.337 e. The van der Waals surface area contributed by atoms with Gasteiger partial charge in [-0.1, -0.05) is 30.3 Å². The third-order valence-electron chi connectivity index (χ3n) is 5.22. The van der Waals surface area contributed by atoms with Gasteiger partial charge in [0.05, 0.1) is 6.04 Å². The molecule has 2 aliphatic rings. The molecule has 2 saturated heterocycles. The van der Waals surface area contributed by atoms with Crippen LogP contribution in [0.25, 0.3) is 0 Å². The smallest absolute Gasteiger partial charge is 0.281 e. The molecule has 8 heteroatoms. The molecule has 3 rings (SSSR count). The number of carbonyl (C=O) groups excluding carboxylic acids is 1. The van der Waals surface area contributed by atoms with Crippen molar-refractivity contribution in [3.05, 3.63) is 35.9 Å². The van der Waals surface area contributed by atoms with E-state index in [1.807, 2.05) is 35.2 Å². The molecule has 0 spiro atoms. The first kappa shape index (κ1) is 19.3. The van der Waals surface area contributed by atoms with Gasteiger partial charge in [0, 0.05) is 53.4 Å². The third-order valence-corrected chi connectivity index (χ3v) is 7.16. The van der Waals surface area contributed by atoms with E-state index in [2.05, 4.69) is 4.90 Å². The second kappa shape index (κ2) is 8.04. The lowest BCUT2D eigenvalue weighted by Gasteiger charge is -2.42. The molecule has 0 N–H and O–H groups in total. The Kier molecular flexibility index (Phi) is 5.96. The lowest BCUT2D eigenvalue weighted by atomic mass is 10.0. The zero-order valence-corrected chi connectivity index (χ0v) is 16.4. The average Bonchev–Trinajstić information content (AvgIpc) is 2.64. The maximum atomic E-state index is 13.0. The minimum Gasteiger partial charge on any atom is -0.337 e. The molecule has 26 heavy (non-hydrogen) atoms. The van der Waals surface area contributed by atoms with Crippen LogP contribution in [0.3, 0.4) is 0 Å². The molecule has 2 heterocycles. The van der Waals surface area contributed by atoms with E-state index in [0.717, 1.165) is 24.9 Å². The highest BCUT2D eigenvalue weighted by molar-refractivity contribution is 7.86. The van der Waals surface area contributed by atoms with Gasteiger partial charge in [-0.3, -0.25) is 9.69 Å². The number of likely N-dealkylation sites (tertiary alicyclic amines) is 1. The molecule has 1 unspecified atom stereocenters. The number of rotatable bonds is 5. The van der Waals surface area contributed by atoms with Crippen LogP contribution in [-0.4, -0.2) is 85.6 Å². The van der Waals surface area contributed by atoms with Crippen LogP contribution in [0.15, 0.2) is 30.3 Å². The standard InChI is InChI=1S/C18H28N4O3S/c1-19(2)26(24,25)22-13-11-20(12-14-22)17-9-6-10-21(18(17)23)15-16-7-4-3-5-8-16/h3-5,7-8,17H,6,9-15H2,1-2H3. The van der Waals surface area contributed by atoms with E-state index < -0.39 is 10.2 Å². The normalized spacial score (nSPS) is 23.6. The van der Waals surface area contributed by atoms with Crippen LogP contribution >= 0.6 is 0 Å². The summed E-state index contributed by atoms with van der Waals surface area (Å²) >= 11 is 0. The van der Waals surface area contributed by atoms with Crippen molar-refractivity contribution in [3.8, 4) is 0 Å². The average molecular weight is 381 g/mol. The molecule has 144 valence electrons. The fraction of sp³-hybridized carbons (Fsp3) is 0.611. The van der Waals surface area contributed by atoms with E-state index in [1.54, 1.807) is 14.1 Å². The fourth-order valence-corrected chi connectivity index (χ4v) is 4.78. The number of piperazine rings is 1. The number of hydrogen-bond donors (Lipinski definition) is 0. The summed E-state index contributed by atoms with van der Waals surface area (Å²) in [5, 5.41) is 0. The van der Waals surface area contributed by atoms with Crippen LogP contribution in [0, 0.1) is 0 Å². The number of piperidine rings is 1. The van der Waals surface area contributed by atoms with Crippen LogP contribution < -0.4 is 0 Å². The lowest BCUT2D eigenvalue weighted by Crippen LogP contribution is -2.59. The Labute approximate surface area is 156 Å². The summed E-state index contributed by atoms with van der Waals surface area (Å²) in [5.74, 6) is 0.170. The van der Waals surface area contributed by atoms with E-state index in [-0.39, 0.29) is 11.9 Å². The van der Waals surface area contributed by atoms with E-state index in [1.165, 1.54) is 8.61 Å². The highest BCUT2D eigenvalue weighted by Gasteiger charge is 2.37. The molecule has 1 aromatic carbocycles. The van der Waals surface area contributed by atoms with Crippen LogP contribution in [0.5, 0.6) is 0 Å². The van der Waals surface area contributed by atoms with Crippen LogP contribution in [0.1, 0.15) is 18.4 Å². The minimum absolute atomic E-state index is 0.128. The second-order valence-electron chi connectivity index (χ2n) is 7.13. The predicted octanol–water partition coefficient (Wildman–Crippen LogP) is 0.602. The van der Waals surface area contributed by atoms with Crippen molar-refractivity contribution in [2.45, 2.75) is 25.4 Å². The van der Waals surface area contributed by atoms with Crippen molar-refractivity contribution >= 4 is 16.1 Å². The van der Waals surface area contributed by atoms with Crippen molar-refractivity contribution in [2.75, 3.05) is 46.8 Å². The molecule has 0 saturated carbocycles. The highest BCUT2D eigenvalue weighted by Crippen LogP contribution is 2.21. The maximum absolute atomic E-state index is 13.0. The van der Waals surface area contributed by atoms with Crippen molar-refractivity contribution in [3.63, 3.8) is 0 Å². The predicted molar refractivity (Wildman–Crippen MR) is 101 cm³/mol. The van der Waals surface area contributed by atoms with E-state index in [0.29, 0.717) is 32.7 Å². The van der Waals surface area contributed by atoms with Gasteiger partial charge in [0.2, 0.25) is 5.91 Å². The van der Waals surface area contributed by atoms with Crippen molar-refractivity contribution < 1.29 is 13.2 Å². The maximum Gasteiger partial charge on any atom is 0.281 e. The Morgan fingerprint density at radius 1 is 1.04 bits per heavy atom. The molecule has 2 fully saturated rings. The minimum atomic E-state index is -3.37. The number of amides is 1. The summed E-state index contributed by atoms with van der Waals surface area (Å²) in [7, 11) is -0.276. The summed E-state index contributed by atoms with van der Waals surface area (Å²) in [6.45, 7) is 3.50. The van der Waals surface area contributed by atoms with Gasteiger partial charge in [0.15, 0.2) is 0 Å². The van der Waals surface area contributed by atoms with Gasteiger partial charge in [-0.15, -0.1) is 0 Å². The van der Waals surface area contributed by atoms with Gasteiger partial charge < -0.3 is 4.90 Å². The summed E-state index contributed by atoms with van der Waals surface area (Å²) in [5.41, 5.74) is 1.14. The number of benzene rings is 1. The van der Waals surface area contributed by atoms with Gasteiger partial charge in [-0.2, -0.15) is 17.0 Å². The first-order valence-electron chi connectivity index (χ1n) is 9.14. The summed E-state index contributed by atoms with van der Waals surface area (Å²) in [6, 6.07) is 9.92. The number of nitrogens with zero attached hydrogens (tertiary/aromatic N) is 4. The molecule has 0 aromatic heterocycles. The topological polar surface area (TPSA) is 64.2 Å². The molecule has 0 aliphatic carbocycles. The molecule has 1 amide bonds. The first-order valence-corrected chi connectivity index (χ1v) is 10.5. The van der Waals surface area contributed by atoms with Gasteiger partial charge in [-0.05, 0) is 18.4 Å². The zero-order chi connectivity index (χ0) is 18.7. The van der Waals surface area contributed by atoms with Crippen LogP contribution in [0.4, 0.5) is 0 Å². The Morgan fingerprint density at radius 3 is 2.31 bits per heavy atom. The van der Waals surface area contributed by atoms with E-state index in [4.69, 9.17) is 0 Å². The Morgan fingerprint density at radius 2 is 1.69 bits per heavy atom. The Hall–Kier alpha value is -1.48. The first-order chi connectivity index (χ1) is 12.4. The molecular weight excluding hydrogens is 352 g/mol. The molecule has 0 bridgehead atoms.